The van der Waals surface area contributed by atoms with Crippen LogP contribution in [0.4, 0.5) is 0 Å². The van der Waals surface area contributed by atoms with Gasteiger partial charge in [0.05, 0.1) is 12.1 Å². The third kappa shape index (κ3) is 5.66. The van der Waals surface area contributed by atoms with Crippen LogP contribution in [-0.4, -0.2) is 31.5 Å². The highest BCUT2D eigenvalue weighted by Gasteiger charge is 2.37. The number of rotatable bonds is 2. The first kappa shape index (κ1) is 18.5. The van der Waals surface area contributed by atoms with Gasteiger partial charge in [0.15, 0.2) is 0 Å². The number of halogens is 6. The van der Waals surface area contributed by atoms with Crippen LogP contribution in [0.3, 0.4) is 0 Å². The summed E-state index contributed by atoms with van der Waals surface area (Å²) in [6, 6.07) is -1.01. The Morgan fingerprint density at radius 1 is 0.950 bits per heavy atom. The second-order valence-corrected chi connectivity index (χ2v) is 8.64. The summed E-state index contributed by atoms with van der Waals surface area (Å²) < 4.78 is -4.17. The van der Waals surface area contributed by atoms with Crippen molar-refractivity contribution in [2.75, 3.05) is 0 Å². The van der Waals surface area contributed by atoms with Crippen molar-refractivity contribution in [2.45, 2.75) is 32.5 Å². The molecular formula is C10H10Cl6N2O2. The van der Waals surface area contributed by atoms with Gasteiger partial charge in [-0.1, -0.05) is 81.8 Å². The lowest BCUT2D eigenvalue weighted by molar-refractivity contribution is -0.123. The molecule has 0 aliphatic heterocycles. The van der Waals surface area contributed by atoms with Crippen molar-refractivity contribution < 1.29 is 9.59 Å². The highest BCUT2D eigenvalue weighted by atomic mass is 35.6. The van der Waals surface area contributed by atoms with E-state index in [9.17, 15) is 9.59 Å². The van der Waals surface area contributed by atoms with Crippen LogP contribution in [0, 0.1) is 0 Å². The fraction of sp³-hybridized carbons (Fsp3) is 0.600. The van der Waals surface area contributed by atoms with E-state index in [4.69, 9.17) is 69.6 Å². The molecule has 0 saturated carbocycles. The van der Waals surface area contributed by atoms with E-state index in [0.29, 0.717) is 12.8 Å². The normalized spacial score (nSPS) is 23.3. The van der Waals surface area contributed by atoms with Gasteiger partial charge in [0.2, 0.25) is 0 Å². The van der Waals surface area contributed by atoms with Crippen molar-refractivity contribution in [1.29, 1.82) is 0 Å². The summed E-state index contributed by atoms with van der Waals surface area (Å²) in [5.74, 6) is -1.58. The van der Waals surface area contributed by atoms with Gasteiger partial charge < -0.3 is 10.6 Å². The molecule has 0 aromatic rings. The van der Waals surface area contributed by atoms with Crippen molar-refractivity contribution in [2.24, 2.45) is 0 Å². The van der Waals surface area contributed by atoms with Gasteiger partial charge in [-0.25, -0.2) is 0 Å². The van der Waals surface area contributed by atoms with Crippen LogP contribution >= 0.6 is 69.6 Å². The number of hydrogen-bond acceptors (Lipinski definition) is 2. The zero-order valence-corrected chi connectivity index (χ0v) is 14.3. The lowest BCUT2D eigenvalue weighted by Crippen LogP contribution is -2.55. The highest BCUT2D eigenvalue weighted by molar-refractivity contribution is 6.76. The average Bonchev–Trinajstić information content (AvgIpc) is 2.29. The molecule has 20 heavy (non-hydrogen) atoms. The molecule has 0 unspecified atom stereocenters. The summed E-state index contributed by atoms with van der Waals surface area (Å²) in [6.07, 6.45) is 4.77. The molecule has 114 valence electrons. The van der Waals surface area contributed by atoms with Gasteiger partial charge in [-0.05, 0) is 12.8 Å². The number of carbonyl (C=O) groups is 2. The first-order chi connectivity index (χ1) is 9.01. The van der Waals surface area contributed by atoms with E-state index in [1.807, 2.05) is 6.08 Å². The summed E-state index contributed by atoms with van der Waals surface area (Å²) in [5, 5.41) is 5.04. The monoisotopic (exact) mass is 400 g/mol. The van der Waals surface area contributed by atoms with Crippen molar-refractivity contribution in [3.05, 3.63) is 12.2 Å². The zero-order valence-electron chi connectivity index (χ0n) is 9.81. The van der Waals surface area contributed by atoms with Crippen LogP contribution in [0.1, 0.15) is 12.8 Å². The average molecular weight is 403 g/mol. The molecule has 0 aromatic carbocycles. The Labute approximate surface area is 146 Å². The molecule has 0 aromatic heterocycles. The molecular weight excluding hydrogens is 393 g/mol. The fourth-order valence-electron chi connectivity index (χ4n) is 1.63. The molecule has 0 bridgehead atoms. The summed E-state index contributed by atoms with van der Waals surface area (Å²) in [5.41, 5.74) is 0. The molecule has 1 aliphatic rings. The van der Waals surface area contributed by atoms with Crippen LogP contribution in [0.5, 0.6) is 0 Å². The van der Waals surface area contributed by atoms with Crippen molar-refractivity contribution in [3.8, 4) is 0 Å². The molecule has 0 fully saturated rings. The lowest BCUT2D eigenvalue weighted by Gasteiger charge is -2.31. The minimum Gasteiger partial charge on any atom is -0.347 e. The topological polar surface area (TPSA) is 58.2 Å². The van der Waals surface area contributed by atoms with E-state index in [1.165, 1.54) is 0 Å². The predicted molar refractivity (Wildman–Crippen MR) is 82.8 cm³/mol. The number of allylic oxidation sites excluding steroid dienone is 1. The maximum Gasteiger partial charge on any atom is 0.272 e. The zero-order chi connectivity index (χ0) is 15.6. The minimum atomic E-state index is -2.09. The number of hydrogen-bond donors (Lipinski definition) is 2. The van der Waals surface area contributed by atoms with Gasteiger partial charge in [-0.2, -0.15) is 0 Å². The molecule has 10 heteroatoms. The summed E-state index contributed by atoms with van der Waals surface area (Å²) in [7, 11) is 0. The number of carbonyl (C=O) groups excluding carboxylic acids is 2. The van der Waals surface area contributed by atoms with Gasteiger partial charge >= 0.3 is 0 Å². The van der Waals surface area contributed by atoms with E-state index in [-0.39, 0.29) is 0 Å². The molecule has 0 radical (unpaired) electrons. The second-order valence-electron chi connectivity index (χ2n) is 4.08. The molecule has 0 saturated heterocycles. The maximum atomic E-state index is 11.6. The van der Waals surface area contributed by atoms with Crippen molar-refractivity contribution >= 4 is 81.4 Å². The molecule has 2 N–H and O–H groups in total. The summed E-state index contributed by atoms with van der Waals surface area (Å²) in [4.78, 5) is 23.3. The van der Waals surface area contributed by atoms with Gasteiger partial charge in [-0.15, -0.1) is 0 Å². The first-order valence-electron chi connectivity index (χ1n) is 5.44. The Hall–Kier alpha value is 0.420. The van der Waals surface area contributed by atoms with Crippen LogP contribution in [-0.2, 0) is 9.59 Å². The minimum absolute atomic E-state index is 0.459. The Balaban J connectivity index is 2.73. The highest BCUT2D eigenvalue weighted by Crippen LogP contribution is 2.28. The smallest absolute Gasteiger partial charge is 0.272 e. The second kappa shape index (κ2) is 7.12. The first-order valence-corrected chi connectivity index (χ1v) is 7.70. The van der Waals surface area contributed by atoms with E-state index in [0.717, 1.165) is 0 Å². The van der Waals surface area contributed by atoms with Gasteiger partial charge in [0, 0.05) is 0 Å². The van der Waals surface area contributed by atoms with Gasteiger partial charge in [0.25, 0.3) is 19.4 Å². The standard InChI is InChI=1S/C10H10Cl6N2O2/c11-9(12,13)7(19)17-5-3-1-2-4-6(5)18-8(20)10(14,15)16/h1,3,5-6H,2,4H2,(H,17,19)(H,18,20)/t5-,6-/m0/s1. The molecule has 4 nitrogen and oxygen atoms in total. The van der Waals surface area contributed by atoms with E-state index < -0.39 is 31.5 Å². The van der Waals surface area contributed by atoms with E-state index >= 15 is 0 Å². The third-order valence-corrected chi connectivity index (χ3v) is 3.58. The largest absolute Gasteiger partial charge is 0.347 e. The predicted octanol–water partition coefficient (Wildman–Crippen LogP) is 3.05. The SMILES string of the molecule is O=C(N[C@H]1C=CCC[C@@H]1NC(=O)C(Cl)(Cl)Cl)C(Cl)(Cl)Cl. The van der Waals surface area contributed by atoms with E-state index in [1.54, 1.807) is 6.08 Å². The quantitative estimate of drug-likeness (QED) is 0.551. The lowest BCUT2D eigenvalue weighted by atomic mass is 9.96. The fourth-order valence-corrected chi connectivity index (χ4v) is 1.95. The van der Waals surface area contributed by atoms with E-state index in [2.05, 4.69) is 10.6 Å². The number of amides is 2. The van der Waals surface area contributed by atoms with Crippen LogP contribution in [0.15, 0.2) is 12.2 Å². The molecule has 2 atom stereocenters. The molecule has 1 rings (SSSR count). The van der Waals surface area contributed by atoms with Crippen molar-refractivity contribution in [3.63, 3.8) is 0 Å². The summed E-state index contributed by atoms with van der Waals surface area (Å²) in [6.45, 7) is 0. The van der Waals surface area contributed by atoms with Crippen molar-refractivity contribution in [1.82, 2.24) is 10.6 Å². The molecule has 1 aliphatic carbocycles. The van der Waals surface area contributed by atoms with Gasteiger partial charge in [-0.3, -0.25) is 9.59 Å². The maximum absolute atomic E-state index is 11.6. The van der Waals surface area contributed by atoms with Crippen LogP contribution < -0.4 is 10.6 Å². The van der Waals surface area contributed by atoms with Gasteiger partial charge in [0.1, 0.15) is 0 Å². The third-order valence-electron chi connectivity index (χ3n) is 2.55. The van der Waals surface area contributed by atoms with Crippen LogP contribution in [0.2, 0.25) is 0 Å². The molecule has 0 heterocycles. The molecule has 0 spiro atoms. The Bertz CT molecular complexity index is 415. The Morgan fingerprint density at radius 2 is 1.45 bits per heavy atom. The van der Waals surface area contributed by atoms with Crippen LogP contribution in [0.25, 0.3) is 0 Å². The number of alkyl halides is 6. The Kier molecular flexibility index (Phi) is 6.58. The summed E-state index contributed by atoms with van der Waals surface area (Å²) >= 11 is 32.9. The number of nitrogens with one attached hydrogen (secondary N) is 2. The Morgan fingerprint density at radius 3 is 1.95 bits per heavy atom. The molecule has 2 amide bonds.